The van der Waals surface area contributed by atoms with Gasteiger partial charge in [0.05, 0.1) is 11.7 Å². The number of nitrogens with one attached hydrogen (secondary N) is 4. The molecule has 0 bridgehead atoms. The van der Waals surface area contributed by atoms with Crippen molar-refractivity contribution in [2.45, 2.75) is 12.1 Å². The van der Waals surface area contributed by atoms with Crippen molar-refractivity contribution < 1.29 is 18.4 Å². The molecule has 6 saturated carbocycles. The second-order valence-corrected chi connectivity index (χ2v) is 11.4. The minimum atomic E-state index is -0.721. The molecule has 1 aromatic carbocycles. The number of amides is 2. The Morgan fingerprint density at radius 3 is 2.61 bits per heavy atom. The largest absolute Gasteiger partial charge is 0.417 e. The average molecular weight is 516 g/mol. The molecular formula is C26H22FN7O4. The molecule has 0 radical (unpaired) electrons. The zero-order chi connectivity index (χ0) is 25.7. The fraction of sp³-hybridized carbons (Fsp3) is 0.423. The van der Waals surface area contributed by atoms with E-state index in [9.17, 15) is 18.8 Å². The van der Waals surface area contributed by atoms with Crippen LogP contribution in [0, 0.1) is 46.7 Å². The van der Waals surface area contributed by atoms with Gasteiger partial charge in [-0.15, -0.1) is 0 Å². The SMILES string of the molecule is CNC12C3C4C1C1C2C3C41CNC(=O)c1cc(C(=O)NCc2ccc3oc(=O)[nH]c3c2)nc2c(F)cnn12. The smallest absolute Gasteiger partial charge is 0.408 e. The first kappa shape index (κ1) is 20.9. The highest BCUT2D eigenvalue weighted by Gasteiger charge is 3.09. The van der Waals surface area contributed by atoms with E-state index in [1.807, 2.05) is 0 Å². The summed E-state index contributed by atoms with van der Waals surface area (Å²) in [6.07, 6.45) is 0.983. The number of fused-ring (bicyclic) bond motifs is 2. The minimum absolute atomic E-state index is 0.0602. The summed E-state index contributed by atoms with van der Waals surface area (Å²) in [7, 11) is 2.07. The first-order chi connectivity index (χ1) is 18.4. The Morgan fingerprint density at radius 2 is 1.87 bits per heavy atom. The lowest BCUT2D eigenvalue weighted by atomic mass is 8.94. The highest BCUT2D eigenvalue weighted by molar-refractivity contribution is 5.98. The molecule has 11 nitrogen and oxygen atoms in total. The van der Waals surface area contributed by atoms with Crippen LogP contribution >= 0.6 is 0 Å². The van der Waals surface area contributed by atoms with Crippen LogP contribution in [0.4, 0.5) is 4.39 Å². The van der Waals surface area contributed by atoms with Gasteiger partial charge in [-0.2, -0.15) is 5.10 Å². The summed E-state index contributed by atoms with van der Waals surface area (Å²) in [5.74, 6) is 2.16. The van der Waals surface area contributed by atoms with Crippen molar-refractivity contribution in [3.63, 3.8) is 0 Å². The number of nitrogens with zero attached hydrogens (tertiary/aromatic N) is 3. The molecular weight excluding hydrogens is 493 g/mol. The predicted octanol–water partition coefficient (Wildman–Crippen LogP) is 0.672. The third-order valence-electron chi connectivity index (χ3n) is 10.7. The Kier molecular flexibility index (Phi) is 3.48. The van der Waals surface area contributed by atoms with Crippen LogP contribution in [0.25, 0.3) is 16.7 Å². The second-order valence-electron chi connectivity index (χ2n) is 11.4. The summed E-state index contributed by atoms with van der Waals surface area (Å²) in [6, 6.07) is 6.38. The highest BCUT2D eigenvalue weighted by Crippen LogP contribution is 3.06. The van der Waals surface area contributed by atoms with Crippen LogP contribution in [0.2, 0.25) is 0 Å². The zero-order valence-corrected chi connectivity index (χ0v) is 20.1. The van der Waals surface area contributed by atoms with Crippen LogP contribution < -0.4 is 21.7 Å². The zero-order valence-electron chi connectivity index (χ0n) is 20.1. The van der Waals surface area contributed by atoms with Crippen LogP contribution in [-0.2, 0) is 6.54 Å². The Balaban J connectivity index is 0.944. The van der Waals surface area contributed by atoms with Crippen LogP contribution in [0.3, 0.4) is 0 Å². The van der Waals surface area contributed by atoms with Crippen molar-refractivity contribution in [1.29, 1.82) is 0 Å². The highest BCUT2D eigenvalue weighted by atomic mass is 19.1. The summed E-state index contributed by atoms with van der Waals surface area (Å²) >= 11 is 0. The van der Waals surface area contributed by atoms with E-state index in [1.165, 1.54) is 6.07 Å². The van der Waals surface area contributed by atoms with Gasteiger partial charge in [0.2, 0.25) is 0 Å². The van der Waals surface area contributed by atoms with Crippen molar-refractivity contribution in [3.8, 4) is 0 Å². The van der Waals surface area contributed by atoms with E-state index in [1.54, 1.807) is 18.2 Å². The molecule has 12 heteroatoms. The Hall–Kier alpha value is -4.06. The molecule has 10 rings (SSSR count). The van der Waals surface area contributed by atoms with Gasteiger partial charge in [0.15, 0.2) is 17.0 Å². The number of rotatable bonds is 7. The number of oxazole rings is 1. The first-order valence-corrected chi connectivity index (χ1v) is 12.8. The predicted molar refractivity (Wildman–Crippen MR) is 128 cm³/mol. The van der Waals surface area contributed by atoms with E-state index < -0.39 is 23.4 Å². The normalized spacial score (nSPS) is 35.9. The molecule has 3 aromatic heterocycles. The van der Waals surface area contributed by atoms with Gasteiger partial charge in [0.1, 0.15) is 11.4 Å². The molecule has 6 fully saturated rings. The van der Waals surface area contributed by atoms with E-state index in [-0.39, 0.29) is 29.0 Å². The Morgan fingerprint density at radius 1 is 1.11 bits per heavy atom. The Labute approximate surface area is 213 Å². The van der Waals surface area contributed by atoms with E-state index in [4.69, 9.17) is 4.42 Å². The maximum absolute atomic E-state index is 14.5. The summed E-state index contributed by atoms with van der Waals surface area (Å²) < 4.78 is 20.6. The summed E-state index contributed by atoms with van der Waals surface area (Å²) in [5, 5.41) is 13.4. The van der Waals surface area contributed by atoms with Crippen LogP contribution in [-0.4, -0.2) is 50.5 Å². The molecule has 6 aliphatic carbocycles. The van der Waals surface area contributed by atoms with Crippen LogP contribution in [0.1, 0.15) is 26.5 Å². The standard InChI is InChI=1S/C26H22FN7O4/c1-28-26-18-15-19(26)17-20(26)16(18)25(15,17)8-30-23(36)13-5-12(32-21-10(27)7-31-34(13)21)22(35)29-6-9-2-3-14-11(4-9)33-24(37)38-14/h2-5,7,15-20,28H,6,8H2,1H3,(H,29,35)(H,30,36)(H,33,37). The second kappa shape index (κ2) is 6.32. The van der Waals surface area contributed by atoms with Crippen molar-refractivity contribution in [3.05, 3.63) is 63.8 Å². The number of aromatic nitrogens is 4. The molecule has 0 aliphatic heterocycles. The van der Waals surface area contributed by atoms with Gasteiger partial charge in [0.25, 0.3) is 11.8 Å². The van der Waals surface area contributed by atoms with E-state index in [0.717, 1.165) is 28.5 Å². The Bertz CT molecular complexity index is 1770. The van der Waals surface area contributed by atoms with Crippen molar-refractivity contribution in [1.82, 2.24) is 35.5 Å². The van der Waals surface area contributed by atoms with Gasteiger partial charge >= 0.3 is 5.76 Å². The van der Waals surface area contributed by atoms with E-state index in [0.29, 0.717) is 46.5 Å². The quantitative estimate of drug-likeness (QED) is 0.283. The molecule has 192 valence electrons. The van der Waals surface area contributed by atoms with Crippen LogP contribution in [0.5, 0.6) is 0 Å². The fourth-order valence-corrected chi connectivity index (χ4v) is 9.52. The van der Waals surface area contributed by atoms with Gasteiger partial charge in [-0.3, -0.25) is 14.6 Å². The van der Waals surface area contributed by atoms with Gasteiger partial charge in [0, 0.05) is 24.7 Å². The first-order valence-electron chi connectivity index (χ1n) is 12.8. The number of carbonyl (C=O) groups excluding carboxylic acids is 2. The molecule has 38 heavy (non-hydrogen) atoms. The summed E-state index contributed by atoms with van der Waals surface area (Å²) in [5.41, 5.74) is 2.06. The van der Waals surface area contributed by atoms with Gasteiger partial charge < -0.3 is 20.4 Å². The summed E-state index contributed by atoms with van der Waals surface area (Å²) in [4.78, 5) is 44.3. The number of benzene rings is 1. The van der Waals surface area contributed by atoms with Gasteiger partial charge in [-0.1, -0.05) is 6.07 Å². The lowest BCUT2D eigenvalue weighted by Crippen LogP contribution is -3.15. The number of aromatic amines is 1. The van der Waals surface area contributed by atoms with Gasteiger partial charge in [-0.05, 0) is 65.7 Å². The average Bonchev–Trinajstić information content (AvgIpc) is 3.50. The summed E-state index contributed by atoms with van der Waals surface area (Å²) in [6.45, 7) is 0.727. The molecule has 3 heterocycles. The number of hydrogen-bond donors (Lipinski definition) is 4. The third-order valence-corrected chi connectivity index (χ3v) is 10.7. The maximum Gasteiger partial charge on any atom is 0.417 e. The molecule has 2 amide bonds. The monoisotopic (exact) mass is 515 g/mol. The molecule has 0 saturated heterocycles. The van der Waals surface area contributed by atoms with Crippen LogP contribution in [0.15, 0.2) is 39.7 Å². The number of H-pyrrole nitrogens is 1. The molecule has 0 unspecified atom stereocenters. The van der Waals surface area contributed by atoms with Crippen molar-refractivity contribution >= 4 is 28.6 Å². The number of carbonyl (C=O) groups is 2. The molecule has 4 N–H and O–H groups in total. The third kappa shape index (κ3) is 1.99. The number of hydrogen-bond acceptors (Lipinski definition) is 7. The molecule has 0 atom stereocenters. The molecule has 0 spiro atoms. The lowest BCUT2D eigenvalue weighted by Gasteiger charge is -3.11. The fourth-order valence-electron chi connectivity index (χ4n) is 9.52. The number of halogens is 1. The van der Waals surface area contributed by atoms with E-state index in [2.05, 4.69) is 38.1 Å². The molecule has 6 aliphatic rings. The lowest BCUT2D eigenvalue weighted by molar-refractivity contribution is -0.623. The topological polar surface area (TPSA) is 146 Å². The van der Waals surface area contributed by atoms with E-state index >= 15 is 0 Å². The van der Waals surface area contributed by atoms with Gasteiger partial charge in [-0.25, -0.2) is 18.7 Å². The van der Waals surface area contributed by atoms with Crippen molar-refractivity contribution in [2.75, 3.05) is 13.6 Å². The molecule has 4 aromatic rings. The minimum Gasteiger partial charge on any atom is -0.408 e. The van der Waals surface area contributed by atoms with Crippen molar-refractivity contribution in [2.24, 2.45) is 40.9 Å². The maximum atomic E-state index is 14.5.